The normalized spacial score (nSPS) is 13.7. The molecular weight excluding hydrogens is 460 g/mol. The number of halogens is 1. The Hall–Kier alpha value is -3.33. The lowest BCUT2D eigenvalue weighted by molar-refractivity contribution is -0.385. The van der Waals surface area contributed by atoms with E-state index < -0.39 is 10.8 Å². The number of hydrogen-bond donors (Lipinski definition) is 1. The van der Waals surface area contributed by atoms with Crippen LogP contribution in [0.25, 0.3) is 0 Å². The van der Waals surface area contributed by atoms with E-state index in [2.05, 4.69) is 10.2 Å². The minimum atomic E-state index is -0.580. The molecule has 0 bridgehead atoms. The summed E-state index contributed by atoms with van der Waals surface area (Å²) >= 11 is 6.50. The van der Waals surface area contributed by atoms with Gasteiger partial charge in [0.2, 0.25) is 5.91 Å². The van der Waals surface area contributed by atoms with Gasteiger partial charge in [-0.2, -0.15) is 0 Å². The summed E-state index contributed by atoms with van der Waals surface area (Å²) in [4.78, 5) is 39.7. The van der Waals surface area contributed by atoms with E-state index in [0.29, 0.717) is 49.2 Å². The Morgan fingerprint density at radius 2 is 1.85 bits per heavy atom. The second kappa shape index (κ2) is 11.2. The number of nitro groups is 1. The van der Waals surface area contributed by atoms with Crippen molar-refractivity contribution in [2.75, 3.05) is 43.0 Å². The second-order valence-corrected chi connectivity index (χ2v) is 8.87. The number of rotatable bonds is 8. The van der Waals surface area contributed by atoms with Crippen molar-refractivity contribution < 1.29 is 19.2 Å². The summed E-state index contributed by atoms with van der Waals surface area (Å²) < 4.78 is 5.26. The largest absolute Gasteiger partial charge is 0.487 e. The molecular formula is C24H29ClN4O5. The molecule has 0 aromatic heterocycles. The SMILES string of the molecule is CCOc1ccc(C(=O)Nc2ccc(N3CCN(C(=O)CC(C)C)CC3)c(Cl)c2)cc1[N+](=O)[O-]. The van der Waals surface area contributed by atoms with Crippen molar-refractivity contribution in [3.63, 3.8) is 0 Å². The number of ether oxygens (including phenoxy) is 1. The molecule has 3 rings (SSSR count). The fourth-order valence-corrected chi connectivity index (χ4v) is 4.10. The van der Waals surface area contributed by atoms with Gasteiger partial charge in [0.25, 0.3) is 5.91 Å². The van der Waals surface area contributed by atoms with E-state index in [1.165, 1.54) is 18.2 Å². The average Bonchev–Trinajstić information content (AvgIpc) is 2.79. The van der Waals surface area contributed by atoms with Gasteiger partial charge in [0.1, 0.15) is 0 Å². The van der Waals surface area contributed by atoms with Gasteiger partial charge >= 0.3 is 5.69 Å². The number of nitro benzene ring substituents is 1. The molecule has 0 radical (unpaired) electrons. The van der Waals surface area contributed by atoms with E-state index in [-0.39, 0.29) is 29.5 Å². The van der Waals surface area contributed by atoms with Crippen LogP contribution in [0.2, 0.25) is 5.02 Å². The standard InChI is InChI=1S/C24H29ClN4O5/c1-4-34-22-8-5-17(14-21(22)29(32)33)24(31)26-18-6-7-20(19(25)15-18)27-9-11-28(12-10-27)23(30)13-16(2)3/h5-8,14-16H,4,9-13H2,1-3H3,(H,26,31). The third-order valence-corrected chi connectivity index (χ3v) is 5.78. The highest BCUT2D eigenvalue weighted by Gasteiger charge is 2.23. The van der Waals surface area contributed by atoms with Crippen molar-refractivity contribution in [3.8, 4) is 5.75 Å². The number of benzene rings is 2. The molecule has 9 nitrogen and oxygen atoms in total. The zero-order valence-electron chi connectivity index (χ0n) is 19.5. The maximum atomic E-state index is 12.7. The monoisotopic (exact) mass is 488 g/mol. The Bertz CT molecular complexity index is 1070. The Kier molecular flexibility index (Phi) is 8.33. The van der Waals surface area contributed by atoms with E-state index in [9.17, 15) is 19.7 Å². The summed E-state index contributed by atoms with van der Waals surface area (Å²) in [7, 11) is 0. The molecule has 2 aromatic rings. The number of nitrogens with one attached hydrogen (secondary N) is 1. The molecule has 0 atom stereocenters. The number of nitrogens with zero attached hydrogens (tertiary/aromatic N) is 3. The van der Waals surface area contributed by atoms with Gasteiger partial charge in [0, 0.05) is 49.9 Å². The van der Waals surface area contributed by atoms with Crippen molar-refractivity contribution >= 4 is 40.5 Å². The van der Waals surface area contributed by atoms with Crippen LogP contribution < -0.4 is 15.0 Å². The lowest BCUT2D eigenvalue weighted by atomic mass is 10.1. The van der Waals surface area contributed by atoms with Gasteiger partial charge in [-0.3, -0.25) is 19.7 Å². The fourth-order valence-electron chi connectivity index (χ4n) is 3.80. The quantitative estimate of drug-likeness (QED) is 0.430. The second-order valence-electron chi connectivity index (χ2n) is 8.46. The highest BCUT2D eigenvalue weighted by atomic mass is 35.5. The maximum Gasteiger partial charge on any atom is 0.311 e. The zero-order valence-corrected chi connectivity index (χ0v) is 20.3. The predicted molar refractivity (Wildman–Crippen MR) is 132 cm³/mol. The van der Waals surface area contributed by atoms with Crippen LogP contribution in [0.5, 0.6) is 5.75 Å². The Labute approximate surface area is 203 Å². The van der Waals surface area contributed by atoms with Gasteiger partial charge in [-0.15, -0.1) is 0 Å². The lowest BCUT2D eigenvalue weighted by Crippen LogP contribution is -2.49. The number of hydrogen-bond acceptors (Lipinski definition) is 6. The van der Waals surface area contributed by atoms with Gasteiger partial charge in [-0.05, 0) is 43.2 Å². The van der Waals surface area contributed by atoms with Crippen molar-refractivity contribution in [2.45, 2.75) is 27.2 Å². The van der Waals surface area contributed by atoms with Crippen LogP contribution in [0.3, 0.4) is 0 Å². The molecule has 182 valence electrons. The molecule has 0 spiro atoms. The van der Waals surface area contributed by atoms with Crippen LogP contribution >= 0.6 is 11.6 Å². The molecule has 1 saturated heterocycles. The van der Waals surface area contributed by atoms with E-state index >= 15 is 0 Å². The Morgan fingerprint density at radius 1 is 1.15 bits per heavy atom. The molecule has 1 aliphatic rings. The molecule has 34 heavy (non-hydrogen) atoms. The summed E-state index contributed by atoms with van der Waals surface area (Å²) in [6.45, 7) is 8.69. The van der Waals surface area contributed by atoms with Gasteiger partial charge in [-0.1, -0.05) is 25.4 Å². The summed E-state index contributed by atoms with van der Waals surface area (Å²) in [5, 5.41) is 14.5. The minimum absolute atomic E-state index is 0.113. The van der Waals surface area contributed by atoms with Gasteiger partial charge in [0.15, 0.2) is 5.75 Å². The number of carbonyl (C=O) groups excluding carboxylic acids is 2. The molecule has 0 saturated carbocycles. The minimum Gasteiger partial charge on any atom is -0.487 e. The molecule has 1 aliphatic heterocycles. The average molecular weight is 489 g/mol. The summed E-state index contributed by atoms with van der Waals surface area (Å²) in [5.74, 6) is 0.125. The van der Waals surface area contributed by atoms with E-state index in [1.807, 2.05) is 24.8 Å². The first-order valence-electron chi connectivity index (χ1n) is 11.2. The summed E-state index contributed by atoms with van der Waals surface area (Å²) in [5.41, 5.74) is 1.17. The predicted octanol–water partition coefficient (Wildman–Crippen LogP) is 4.59. The molecule has 1 heterocycles. The van der Waals surface area contributed by atoms with Crippen LogP contribution in [-0.2, 0) is 4.79 Å². The van der Waals surface area contributed by atoms with Crippen molar-refractivity contribution in [1.82, 2.24) is 4.90 Å². The van der Waals surface area contributed by atoms with Crippen LogP contribution in [0, 0.1) is 16.0 Å². The molecule has 0 unspecified atom stereocenters. The molecule has 1 N–H and O–H groups in total. The number of anilines is 2. The zero-order chi connectivity index (χ0) is 24.8. The van der Waals surface area contributed by atoms with E-state index in [4.69, 9.17) is 16.3 Å². The topological polar surface area (TPSA) is 105 Å². The highest BCUT2D eigenvalue weighted by molar-refractivity contribution is 6.33. The van der Waals surface area contributed by atoms with Crippen molar-refractivity contribution in [3.05, 3.63) is 57.1 Å². The first kappa shape index (κ1) is 25.3. The van der Waals surface area contributed by atoms with E-state index in [0.717, 1.165) is 5.69 Å². The third-order valence-electron chi connectivity index (χ3n) is 5.48. The summed E-state index contributed by atoms with van der Waals surface area (Å²) in [6, 6.07) is 9.29. The first-order chi connectivity index (χ1) is 16.2. The number of carbonyl (C=O) groups is 2. The molecule has 0 aliphatic carbocycles. The fraction of sp³-hybridized carbons (Fsp3) is 0.417. The number of piperazine rings is 1. The van der Waals surface area contributed by atoms with Crippen LogP contribution in [0.1, 0.15) is 37.6 Å². The van der Waals surface area contributed by atoms with Crippen LogP contribution in [0.15, 0.2) is 36.4 Å². The van der Waals surface area contributed by atoms with Crippen LogP contribution in [-0.4, -0.2) is 54.4 Å². The van der Waals surface area contributed by atoms with Crippen molar-refractivity contribution in [1.29, 1.82) is 0 Å². The molecule has 10 heteroatoms. The van der Waals surface area contributed by atoms with Crippen molar-refractivity contribution in [2.24, 2.45) is 5.92 Å². The summed E-state index contributed by atoms with van der Waals surface area (Å²) in [6.07, 6.45) is 0.548. The van der Waals surface area contributed by atoms with Crippen LogP contribution in [0.4, 0.5) is 17.1 Å². The lowest BCUT2D eigenvalue weighted by Gasteiger charge is -2.36. The Balaban J connectivity index is 1.66. The van der Waals surface area contributed by atoms with Gasteiger partial charge in [-0.25, -0.2) is 0 Å². The van der Waals surface area contributed by atoms with Gasteiger partial charge in [0.05, 0.1) is 22.2 Å². The smallest absolute Gasteiger partial charge is 0.311 e. The molecule has 2 amide bonds. The molecule has 1 fully saturated rings. The van der Waals surface area contributed by atoms with E-state index in [1.54, 1.807) is 19.1 Å². The number of amides is 2. The third kappa shape index (κ3) is 6.17. The first-order valence-corrected chi connectivity index (χ1v) is 11.6. The highest BCUT2D eigenvalue weighted by Crippen LogP contribution is 2.31. The van der Waals surface area contributed by atoms with Gasteiger partial charge < -0.3 is 19.9 Å². The maximum absolute atomic E-state index is 12.7. The molecule has 2 aromatic carbocycles. The Morgan fingerprint density at radius 3 is 2.44 bits per heavy atom.